The van der Waals surface area contributed by atoms with Crippen LogP contribution in [0.4, 0.5) is 10.1 Å². The molecule has 0 atom stereocenters. The number of anilines is 1. The first-order valence-corrected chi connectivity index (χ1v) is 8.00. The zero-order chi connectivity index (χ0) is 18.6. The highest BCUT2D eigenvalue weighted by Crippen LogP contribution is 2.43. The van der Waals surface area contributed by atoms with Gasteiger partial charge in [0.2, 0.25) is 5.91 Å². The number of nitrogens with zero attached hydrogens (tertiary/aromatic N) is 1. The summed E-state index contributed by atoms with van der Waals surface area (Å²) in [4.78, 5) is 25.2. The van der Waals surface area contributed by atoms with E-state index in [4.69, 9.17) is 15.0 Å². The summed E-state index contributed by atoms with van der Waals surface area (Å²) in [5.74, 6) is -1.31. The zero-order valence-corrected chi connectivity index (χ0v) is 14.6. The molecule has 1 aromatic rings. The molecule has 0 aromatic heterocycles. The van der Waals surface area contributed by atoms with Gasteiger partial charge in [-0.2, -0.15) is 0 Å². The second kappa shape index (κ2) is 5.67. The minimum atomic E-state index is -1.29. The molecule has 2 aliphatic heterocycles. The van der Waals surface area contributed by atoms with Gasteiger partial charge in [-0.3, -0.25) is 14.5 Å². The lowest BCUT2D eigenvalue weighted by atomic mass is 9.83. The first-order chi connectivity index (χ1) is 11.5. The van der Waals surface area contributed by atoms with Crippen molar-refractivity contribution >= 4 is 30.2 Å². The second-order valence-electron chi connectivity index (χ2n) is 7.19. The topological polar surface area (TPSA) is 81.9 Å². The fraction of sp³-hybridized carbons (Fsp3) is 0.412. The van der Waals surface area contributed by atoms with E-state index in [1.807, 2.05) is 0 Å². The van der Waals surface area contributed by atoms with Gasteiger partial charge in [-0.25, -0.2) is 4.39 Å². The van der Waals surface area contributed by atoms with Crippen molar-refractivity contribution in [3.63, 3.8) is 0 Å². The molecular formula is C17H20BFN2O4. The Balaban J connectivity index is 2.06. The molecule has 6 nitrogen and oxygen atoms in total. The van der Waals surface area contributed by atoms with Crippen LogP contribution in [0, 0.1) is 0 Å². The second-order valence-corrected chi connectivity index (χ2v) is 7.19. The maximum Gasteiger partial charge on any atom is 0.526 e. The van der Waals surface area contributed by atoms with Crippen molar-refractivity contribution in [2.75, 3.05) is 11.4 Å². The van der Waals surface area contributed by atoms with E-state index in [-0.39, 0.29) is 12.1 Å². The predicted octanol–water partition coefficient (Wildman–Crippen LogP) is 1.83. The molecule has 2 amide bonds. The monoisotopic (exact) mass is 346 g/mol. The molecule has 0 radical (unpaired) electrons. The van der Waals surface area contributed by atoms with E-state index < -0.39 is 35.9 Å². The van der Waals surface area contributed by atoms with Crippen molar-refractivity contribution in [3.8, 4) is 0 Å². The average Bonchev–Trinajstić information content (AvgIpc) is 2.89. The lowest BCUT2D eigenvalue weighted by Gasteiger charge is -2.32. The number of nitrogens with two attached hydrogens (primary N) is 1. The maximum absolute atomic E-state index is 15.2. The number of benzene rings is 1. The van der Waals surface area contributed by atoms with Crippen LogP contribution in [0.1, 0.15) is 33.3 Å². The summed E-state index contributed by atoms with van der Waals surface area (Å²) in [6.45, 7) is 6.88. The Morgan fingerprint density at radius 1 is 1.20 bits per heavy atom. The van der Waals surface area contributed by atoms with Crippen LogP contribution in [-0.2, 0) is 18.9 Å². The van der Waals surface area contributed by atoms with Gasteiger partial charge >= 0.3 is 7.12 Å². The summed E-state index contributed by atoms with van der Waals surface area (Å²) < 4.78 is 26.6. The number of fused-ring (bicyclic) bond motifs is 1. The number of hydrogen-bond donors (Lipinski definition) is 1. The van der Waals surface area contributed by atoms with Crippen molar-refractivity contribution in [2.45, 2.75) is 38.9 Å². The van der Waals surface area contributed by atoms with Gasteiger partial charge < -0.3 is 15.0 Å². The summed E-state index contributed by atoms with van der Waals surface area (Å²) in [7, 11) is -1.29. The third-order valence-electron chi connectivity index (χ3n) is 4.94. The lowest BCUT2D eigenvalue weighted by Crippen LogP contribution is -2.41. The molecule has 2 aliphatic rings. The number of carbonyl (C=O) groups is 2. The quantitative estimate of drug-likeness (QED) is 0.669. The zero-order valence-electron chi connectivity index (χ0n) is 14.6. The van der Waals surface area contributed by atoms with Crippen LogP contribution < -0.4 is 10.6 Å². The van der Waals surface area contributed by atoms with Gasteiger partial charge in [0.25, 0.3) is 5.91 Å². The van der Waals surface area contributed by atoms with Crippen LogP contribution in [0.2, 0.25) is 0 Å². The van der Waals surface area contributed by atoms with Gasteiger partial charge in [0.15, 0.2) is 0 Å². The Kier molecular flexibility index (Phi) is 4.00. The van der Waals surface area contributed by atoms with Gasteiger partial charge in [0.05, 0.1) is 22.5 Å². The molecular weight excluding hydrogens is 326 g/mol. The highest BCUT2D eigenvalue weighted by molar-refractivity contribution is 6.58. The molecule has 0 unspecified atom stereocenters. The normalized spacial score (nSPS) is 23.0. The van der Waals surface area contributed by atoms with Crippen LogP contribution in [0.3, 0.4) is 0 Å². The molecule has 8 heteroatoms. The lowest BCUT2D eigenvalue weighted by molar-refractivity contribution is -0.119. The molecule has 1 fully saturated rings. The molecule has 3 rings (SSSR count). The van der Waals surface area contributed by atoms with E-state index in [9.17, 15) is 9.59 Å². The molecule has 0 spiro atoms. The number of para-hydroxylation sites is 1. The maximum atomic E-state index is 15.2. The Morgan fingerprint density at radius 2 is 1.76 bits per heavy atom. The highest BCUT2D eigenvalue weighted by Gasteiger charge is 2.54. The fourth-order valence-electron chi connectivity index (χ4n) is 2.89. The minimum Gasteiger partial charge on any atom is -0.398 e. The van der Waals surface area contributed by atoms with Crippen LogP contribution in [0.15, 0.2) is 30.0 Å². The summed E-state index contributed by atoms with van der Waals surface area (Å²) in [6, 6.07) is 6.65. The third-order valence-corrected chi connectivity index (χ3v) is 4.94. The number of carbonyl (C=O) groups excluding carboxylic acids is 2. The van der Waals surface area contributed by atoms with Crippen LogP contribution >= 0.6 is 0 Å². The average molecular weight is 346 g/mol. The molecule has 1 aromatic carbocycles. The Hall–Kier alpha value is -2.19. The number of amides is 2. The summed E-state index contributed by atoms with van der Waals surface area (Å²) in [6.07, 6.45) is 0. The largest absolute Gasteiger partial charge is 0.526 e. The van der Waals surface area contributed by atoms with E-state index in [1.165, 1.54) is 0 Å². The smallest absolute Gasteiger partial charge is 0.398 e. The van der Waals surface area contributed by atoms with Crippen molar-refractivity contribution in [1.29, 1.82) is 0 Å². The standard InChI is InChI=1S/C17H20BFN2O4/c1-16(2)17(3,4)25-18(24-16)14(19)13-10-7-5-6-8-11(10)21(15(13)23)9-12(20)22/h5-8H,9H2,1-4H3,(H2,20,22). The predicted molar refractivity (Wildman–Crippen MR) is 92.1 cm³/mol. The first-order valence-electron chi connectivity index (χ1n) is 8.00. The van der Waals surface area contributed by atoms with Gasteiger partial charge in [-0.1, -0.05) is 18.2 Å². The van der Waals surface area contributed by atoms with E-state index in [0.717, 1.165) is 4.90 Å². The molecule has 1 saturated heterocycles. The van der Waals surface area contributed by atoms with Crippen LogP contribution in [-0.4, -0.2) is 36.7 Å². The van der Waals surface area contributed by atoms with Crippen molar-refractivity contribution in [2.24, 2.45) is 5.73 Å². The molecule has 132 valence electrons. The Bertz CT molecular complexity index is 775. The summed E-state index contributed by atoms with van der Waals surface area (Å²) >= 11 is 0. The third kappa shape index (κ3) is 2.75. The highest BCUT2D eigenvalue weighted by atomic mass is 19.1. The van der Waals surface area contributed by atoms with E-state index >= 15 is 4.39 Å². The molecule has 0 aliphatic carbocycles. The van der Waals surface area contributed by atoms with Crippen LogP contribution in [0.5, 0.6) is 0 Å². The molecule has 2 N–H and O–H groups in total. The molecule has 0 saturated carbocycles. The van der Waals surface area contributed by atoms with Crippen molar-refractivity contribution in [3.05, 3.63) is 35.6 Å². The van der Waals surface area contributed by atoms with Gasteiger partial charge in [-0.15, -0.1) is 0 Å². The van der Waals surface area contributed by atoms with E-state index in [1.54, 1.807) is 52.0 Å². The number of hydrogen-bond acceptors (Lipinski definition) is 4. The van der Waals surface area contributed by atoms with Gasteiger partial charge in [0.1, 0.15) is 12.3 Å². The molecule has 0 bridgehead atoms. The first kappa shape index (κ1) is 17.6. The van der Waals surface area contributed by atoms with Crippen molar-refractivity contribution < 1.29 is 23.3 Å². The van der Waals surface area contributed by atoms with Gasteiger partial charge in [-0.05, 0) is 33.8 Å². The Labute approximate surface area is 145 Å². The molecule has 2 heterocycles. The van der Waals surface area contributed by atoms with Crippen LogP contribution in [0.25, 0.3) is 5.57 Å². The minimum absolute atomic E-state index is 0.157. The summed E-state index contributed by atoms with van der Waals surface area (Å²) in [5, 5.41) is 0. The van der Waals surface area contributed by atoms with E-state index in [0.29, 0.717) is 11.3 Å². The number of halogens is 1. The molecule has 25 heavy (non-hydrogen) atoms. The number of primary amides is 1. The van der Waals surface area contributed by atoms with Gasteiger partial charge in [0, 0.05) is 5.56 Å². The fourth-order valence-corrected chi connectivity index (χ4v) is 2.89. The Morgan fingerprint density at radius 3 is 2.32 bits per heavy atom. The summed E-state index contributed by atoms with van der Waals surface area (Å²) in [5.41, 5.74) is 3.62. The van der Waals surface area contributed by atoms with Crippen molar-refractivity contribution in [1.82, 2.24) is 0 Å². The van der Waals surface area contributed by atoms with E-state index in [2.05, 4.69) is 0 Å². The number of rotatable bonds is 3. The SMILES string of the molecule is CC1(C)OB(C(F)=C2C(=O)N(CC(N)=O)c3ccccc32)OC1(C)C.